The van der Waals surface area contributed by atoms with E-state index in [2.05, 4.69) is 20.6 Å². The summed E-state index contributed by atoms with van der Waals surface area (Å²) < 4.78 is 3.38. The second-order valence-corrected chi connectivity index (χ2v) is 8.22. The number of nitrogens with zero attached hydrogens (tertiary/aromatic N) is 5. The van der Waals surface area contributed by atoms with Gasteiger partial charge in [0.05, 0.1) is 27.2 Å². The molecule has 0 fully saturated rings. The maximum absolute atomic E-state index is 12.5. The van der Waals surface area contributed by atoms with Crippen molar-refractivity contribution in [3.8, 4) is 5.69 Å². The van der Waals surface area contributed by atoms with Crippen LogP contribution in [0.5, 0.6) is 0 Å². The summed E-state index contributed by atoms with van der Waals surface area (Å²) in [5.74, 6) is 0.561. The van der Waals surface area contributed by atoms with Crippen molar-refractivity contribution < 1.29 is 4.79 Å². The number of aryl methyl sites for hydroxylation is 2. The van der Waals surface area contributed by atoms with Crippen LogP contribution in [0.1, 0.15) is 11.3 Å². The first-order chi connectivity index (χ1) is 13.9. The SMILES string of the molecule is Cc1ccc(-n2nc(C)cc2NC(=O)CSc2nnc3c(Cl)cc(Cl)cn23)cc1. The van der Waals surface area contributed by atoms with Crippen molar-refractivity contribution in [2.24, 2.45) is 0 Å². The van der Waals surface area contributed by atoms with Gasteiger partial charge in [0.2, 0.25) is 5.91 Å². The van der Waals surface area contributed by atoms with Gasteiger partial charge in [-0.05, 0) is 32.0 Å². The number of pyridine rings is 1. The number of hydrogen-bond acceptors (Lipinski definition) is 5. The van der Waals surface area contributed by atoms with Crippen molar-refractivity contribution in [1.82, 2.24) is 24.4 Å². The topological polar surface area (TPSA) is 77.1 Å². The van der Waals surface area contributed by atoms with Crippen molar-refractivity contribution in [3.63, 3.8) is 0 Å². The predicted octanol–water partition coefficient (Wildman–Crippen LogP) is 4.57. The van der Waals surface area contributed by atoms with Crippen LogP contribution >= 0.6 is 35.0 Å². The molecular weight excluding hydrogens is 431 g/mol. The standard InChI is InChI=1S/C19H16Cl2N6OS/c1-11-3-5-14(6-4-11)27-16(7-12(2)25-27)22-17(28)10-29-19-24-23-18-15(21)8-13(20)9-26(18)19/h3-9H,10H2,1-2H3,(H,22,28). The Kier molecular flexibility index (Phi) is 5.49. The second kappa shape index (κ2) is 8.06. The quantitative estimate of drug-likeness (QED) is 0.454. The summed E-state index contributed by atoms with van der Waals surface area (Å²) >= 11 is 13.4. The van der Waals surface area contributed by atoms with Crippen molar-refractivity contribution in [3.05, 3.63) is 63.9 Å². The first-order valence-corrected chi connectivity index (χ1v) is 10.4. The van der Waals surface area contributed by atoms with Gasteiger partial charge in [-0.3, -0.25) is 9.20 Å². The van der Waals surface area contributed by atoms with E-state index < -0.39 is 0 Å². The molecule has 7 nitrogen and oxygen atoms in total. The van der Waals surface area contributed by atoms with E-state index >= 15 is 0 Å². The van der Waals surface area contributed by atoms with Crippen molar-refractivity contribution in [2.45, 2.75) is 19.0 Å². The number of nitrogens with one attached hydrogen (secondary N) is 1. The molecule has 0 aliphatic rings. The fraction of sp³-hybridized carbons (Fsp3) is 0.158. The number of amides is 1. The van der Waals surface area contributed by atoms with E-state index in [0.717, 1.165) is 16.9 Å². The lowest BCUT2D eigenvalue weighted by Crippen LogP contribution is -2.17. The van der Waals surface area contributed by atoms with Gasteiger partial charge in [-0.2, -0.15) is 5.10 Å². The highest BCUT2D eigenvalue weighted by Gasteiger charge is 2.15. The number of carbonyl (C=O) groups excluding carboxylic acids is 1. The fourth-order valence-electron chi connectivity index (χ4n) is 2.78. The zero-order valence-electron chi connectivity index (χ0n) is 15.6. The highest BCUT2D eigenvalue weighted by molar-refractivity contribution is 7.99. The first kappa shape index (κ1) is 19.8. The smallest absolute Gasteiger partial charge is 0.236 e. The molecule has 0 aliphatic carbocycles. The molecule has 0 unspecified atom stereocenters. The van der Waals surface area contributed by atoms with Crippen LogP contribution in [-0.4, -0.2) is 36.0 Å². The molecule has 1 N–H and O–H groups in total. The minimum Gasteiger partial charge on any atom is -0.310 e. The van der Waals surface area contributed by atoms with Crippen LogP contribution in [0.15, 0.2) is 47.8 Å². The highest BCUT2D eigenvalue weighted by atomic mass is 35.5. The summed E-state index contributed by atoms with van der Waals surface area (Å²) in [6.45, 7) is 3.90. The Morgan fingerprint density at radius 2 is 1.90 bits per heavy atom. The van der Waals surface area contributed by atoms with Crippen LogP contribution in [0.4, 0.5) is 5.82 Å². The molecule has 0 bridgehead atoms. The largest absolute Gasteiger partial charge is 0.310 e. The minimum atomic E-state index is -0.187. The molecule has 10 heteroatoms. The molecular formula is C19H16Cl2N6OS. The van der Waals surface area contributed by atoms with Crippen LogP contribution in [-0.2, 0) is 4.79 Å². The average Bonchev–Trinajstić information content (AvgIpc) is 3.24. The zero-order valence-corrected chi connectivity index (χ0v) is 17.9. The second-order valence-electron chi connectivity index (χ2n) is 6.44. The minimum absolute atomic E-state index is 0.142. The van der Waals surface area contributed by atoms with E-state index in [-0.39, 0.29) is 11.7 Å². The molecule has 3 heterocycles. The lowest BCUT2D eigenvalue weighted by molar-refractivity contribution is -0.113. The Morgan fingerprint density at radius 3 is 2.66 bits per heavy atom. The van der Waals surface area contributed by atoms with Crippen molar-refractivity contribution >= 4 is 52.3 Å². The van der Waals surface area contributed by atoms with E-state index in [1.807, 2.05) is 44.2 Å². The Hall–Kier alpha value is -2.55. The Balaban J connectivity index is 1.49. The summed E-state index contributed by atoms with van der Waals surface area (Å²) in [6, 6.07) is 11.3. The van der Waals surface area contributed by atoms with Crippen LogP contribution < -0.4 is 5.32 Å². The molecule has 148 valence electrons. The summed E-state index contributed by atoms with van der Waals surface area (Å²) in [6.07, 6.45) is 1.67. The van der Waals surface area contributed by atoms with Gasteiger partial charge in [-0.25, -0.2) is 4.68 Å². The number of aromatic nitrogens is 5. The Bertz CT molecular complexity index is 1200. The summed E-state index contributed by atoms with van der Waals surface area (Å²) in [4.78, 5) is 12.5. The molecule has 0 atom stereocenters. The third-order valence-corrected chi connectivity index (χ3v) is 5.53. The zero-order chi connectivity index (χ0) is 20.5. The molecule has 0 aliphatic heterocycles. The fourth-order valence-corrected chi connectivity index (χ4v) is 4.00. The molecule has 0 radical (unpaired) electrons. The average molecular weight is 447 g/mol. The van der Waals surface area contributed by atoms with Gasteiger partial charge in [-0.15, -0.1) is 10.2 Å². The van der Waals surface area contributed by atoms with Gasteiger partial charge in [0.15, 0.2) is 10.8 Å². The van der Waals surface area contributed by atoms with E-state index in [1.165, 1.54) is 11.8 Å². The van der Waals surface area contributed by atoms with Crippen LogP contribution in [0.3, 0.4) is 0 Å². The van der Waals surface area contributed by atoms with E-state index in [9.17, 15) is 4.79 Å². The molecule has 29 heavy (non-hydrogen) atoms. The molecule has 4 rings (SSSR count). The maximum Gasteiger partial charge on any atom is 0.236 e. The van der Waals surface area contributed by atoms with Gasteiger partial charge in [0, 0.05) is 12.3 Å². The van der Waals surface area contributed by atoms with Gasteiger partial charge in [0.1, 0.15) is 5.82 Å². The third kappa shape index (κ3) is 4.24. The lowest BCUT2D eigenvalue weighted by Gasteiger charge is -2.09. The number of fused-ring (bicyclic) bond motifs is 1. The summed E-state index contributed by atoms with van der Waals surface area (Å²) in [5.41, 5.74) is 3.33. The lowest BCUT2D eigenvalue weighted by atomic mass is 10.2. The third-order valence-electron chi connectivity index (χ3n) is 4.11. The van der Waals surface area contributed by atoms with Crippen LogP contribution in [0, 0.1) is 13.8 Å². The number of rotatable bonds is 5. The normalized spacial score (nSPS) is 11.2. The molecule has 0 spiro atoms. The summed E-state index contributed by atoms with van der Waals surface area (Å²) in [7, 11) is 0. The van der Waals surface area contributed by atoms with Gasteiger partial charge >= 0.3 is 0 Å². The first-order valence-electron chi connectivity index (χ1n) is 8.67. The van der Waals surface area contributed by atoms with E-state index in [0.29, 0.717) is 26.7 Å². The predicted molar refractivity (Wildman–Crippen MR) is 115 cm³/mol. The van der Waals surface area contributed by atoms with E-state index in [1.54, 1.807) is 21.3 Å². The van der Waals surface area contributed by atoms with E-state index in [4.69, 9.17) is 23.2 Å². The van der Waals surface area contributed by atoms with Gasteiger partial charge in [-0.1, -0.05) is 52.7 Å². The van der Waals surface area contributed by atoms with Crippen LogP contribution in [0.2, 0.25) is 10.0 Å². The Morgan fingerprint density at radius 1 is 1.14 bits per heavy atom. The van der Waals surface area contributed by atoms with Gasteiger partial charge in [0.25, 0.3) is 0 Å². The molecule has 4 aromatic rings. The van der Waals surface area contributed by atoms with Crippen molar-refractivity contribution in [2.75, 3.05) is 11.1 Å². The maximum atomic E-state index is 12.5. The number of thioether (sulfide) groups is 1. The number of benzene rings is 1. The number of carbonyl (C=O) groups is 1. The molecule has 0 saturated carbocycles. The molecule has 0 saturated heterocycles. The molecule has 1 amide bonds. The number of anilines is 1. The summed E-state index contributed by atoms with van der Waals surface area (Å²) in [5, 5.41) is 16.9. The van der Waals surface area contributed by atoms with Gasteiger partial charge < -0.3 is 5.32 Å². The number of halogens is 2. The van der Waals surface area contributed by atoms with Crippen molar-refractivity contribution in [1.29, 1.82) is 0 Å². The molecule has 1 aromatic carbocycles. The van der Waals surface area contributed by atoms with Crippen LogP contribution in [0.25, 0.3) is 11.3 Å². The highest BCUT2D eigenvalue weighted by Crippen LogP contribution is 2.25. The number of hydrogen-bond donors (Lipinski definition) is 1. The monoisotopic (exact) mass is 446 g/mol. The Labute approximate surface area is 181 Å². The molecule has 3 aromatic heterocycles.